The van der Waals surface area contributed by atoms with Crippen molar-refractivity contribution in [3.8, 4) is 0 Å². The van der Waals surface area contributed by atoms with E-state index in [0.717, 1.165) is 38.3 Å². The zero-order chi connectivity index (χ0) is 13.7. The Bertz CT molecular complexity index is 428. The Balaban J connectivity index is 1.93. The summed E-state index contributed by atoms with van der Waals surface area (Å²) < 4.78 is 5.34. The third kappa shape index (κ3) is 3.92. The van der Waals surface area contributed by atoms with Gasteiger partial charge in [-0.2, -0.15) is 0 Å². The fraction of sp³-hybridized carbons (Fsp3) is 0.571. The van der Waals surface area contributed by atoms with E-state index in [1.54, 1.807) is 20.3 Å². The molecule has 1 saturated heterocycles. The lowest BCUT2D eigenvalue weighted by atomic mass is 10.0. The maximum absolute atomic E-state index is 11.8. The molecule has 1 aromatic rings. The van der Waals surface area contributed by atoms with Crippen LogP contribution in [0.2, 0.25) is 0 Å². The normalized spacial score (nSPS) is 16.1. The third-order valence-corrected chi connectivity index (χ3v) is 3.32. The molecule has 0 aliphatic carbocycles. The van der Waals surface area contributed by atoms with Gasteiger partial charge < -0.3 is 15.0 Å². The quantitative estimate of drug-likeness (QED) is 0.897. The molecular formula is C14H21N3O2. The van der Waals surface area contributed by atoms with E-state index in [1.807, 2.05) is 12.1 Å². The van der Waals surface area contributed by atoms with E-state index in [-0.39, 0.29) is 5.91 Å². The van der Waals surface area contributed by atoms with Gasteiger partial charge in [0.15, 0.2) is 0 Å². The molecule has 19 heavy (non-hydrogen) atoms. The van der Waals surface area contributed by atoms with Gasteiger partial charge in [0.05, 0.1) is 0 Å². The van der Waals surface area contributed by atoms with Crippen molar-refractivity contribution < 1.29 is 9.53 Å². The average molecular weight is 263 g/mol. The van der Waals surface area contributed by atoms with Crippen LogP contribution < -0.4 is 5.32 Å². The van der Waals surface area contributed by atoms with Gasteiger partial charge in [-0.1, -0.05) is 0 Å². The number of pyridine rings is 1. The Kier molecular flexibility index (Phi) is 4.74. The number of hydrogen-bond acceptors (Lipinski definition) is 4. The number of carbonyl (C=O) groups is 1. The fourth-order valence-corrected chi connectivity index (χ4v) is 2.10. The molecule has 1 aliphatic rings. The van der Waals surface area contributed by atoms with Gasteiger partial charge in [-0.05, 0) is 30.9 Å². The van der Waals surface area contributed by atoms with Gasteiger partial charge >= 0.3 is 0 Å². The molecule has 0 aromatic carbocycles. The molecule has 0 unspecified atom stereocenters. The van der Waals surface area contributed by atoms with E-state index in [4.69, 9.17) is 4.74 Å². The molecule has 1 aromatic heterocycles. The Morgan fingerprint density at radius 3 is 2.89 bits per heavy atom. The number of aromatic nitrogens is 1. The van der Waals surface area contributed by atoms with Gasteiger partial charge in [0.2, 0.25) is 0 Å². The van der Waals surface area contributed by atoms with Crippen molar-refractivity contribution in [2.24, 2.45) is 5.92 Å². The first-order valence-electron chi connectivity index (χ1n) is 6.66. The van der Waals surface area contributed by atoms with E-state index in [0.29, 0.717) is 11.6 Å². The molecule has 0 radical (unpaired) electrons. The minimum atomic E-state index is -0.0743. The Labute approximate surface area is 114 Å². The molecule has 2 rings (SSSR count). The number of carbonyl (C=O) groups excluding carboxylic acids is 1. The van der Waals surface area contributed by atoms with E-state index >= 15 is 0 Å². The van der Waals surface area contributed by atoms with Crippen molar-refractivity contribution in [1.82, 2.24) is 9.88 Å². The number of amides is 1. The topological polar surface area (TPSA) is 54.5 Å². The summed E-state index contributed by atoms with van der Waals surface area (Å²) in [4.78, 5) is 17.5. The van der Waals surface area contributed by atoms with Crippen LogP contribution in [0.1, 0.15) is 23.3 Å². The second kappa shape index (κ2) is 6.52. The molecule has 1 fully saturated rings. The van der Waals surface area contributed by atoms with Crippen LogP contribution in [0, 0.1) is 5.92 Å². The Morgan fingerprint density at radius 1 is 1.47 bits per heavy atom. The highest BCUT2D eigenvalue weighted by molar-refractivity contribution is 5.92. The second-order valence-corrected chi connectivity index (χ2v) is 5.07. The SMILES string of the molecule is CN(C)C(=O)c1cc(NCC2CCOCC2)ccn1. The highest BCUT2D eigenvalue weighted by atomic mass is 16.5. The smallest absolute Gasteiger partial charge is 0.272 e. The van der Waals surface area contributed by atoms with Crippen LogP contribution in [-0.4, -0.2) is 49.6 Å². The number of rotatable bonds is 4. The molecule has 0 atom stereocenters. The molecule has 2 heterocycles. The summed E-state index contributed by atoms with van der Waals surface area (Å²) in [7, 11) is 3.46. The number of nitrogens with zero attached hydrogens (tertiary/aromatic N) is 2. The molecule has 1 N–H and O–H groups in total. The Morgan fingerprint density at radius 2 is 2.21 bits per heavy atom. The lowest BCUT2D eigenvalue weighted by molar-refractivity contribution is 0.0699. The molecular weight excluding hydrogens is 242 g/mol. The van der Waals surface area contributed by atoms with Gasteiger partial charge in [-0.15, -0.1) is 0 Å². The maximum atomic E-state index is 11.8. The molecule has 5 nitrogen and oxygen atoms in total. The van der Waals surface area contributed by atoms with E-state index in [1.165, 1.54) is 4.90 Å². The summed E-state index contributed by atoms with van der Waals surface area (Å²) in [6.45, 7) is 2.63. The first kappa shape index (κ1) is 13.8. The molecule has 0 spiro atoms. The van der Waals surface area contributed by atoms with Crippen molar-refractivity contribution >= 4 is 11.6 Å². The van der Waals surface area contributed by atoms with Crippen LogP contribution >= 0.6 is 0 Å². The fourth-order valence-electron chi connectivity index (χ4n) is 2.10. The highest BCUT2D eigenvalue weighted by Gasteiger charge is 2.14. The summed E-state index contributed by atoms with van der Waals surface area (Å²) in [5.41, 5.74) is 1.42. The van der Waals surface area contributed by atoms with Crippen LogP contribution in [0.4, 0.5) is 5.69 Å². The predicted octanol–water partition coefficient (Wildman–Crippen LogP) is 1.62. The minimum absolute atomic E-state index is 0.0743. The molecule has 1 aliphatic heterocycles. The number of nitrogens with one attached hydrogen (secondary N) is 1. The van der Waals surface area contributed by atoms with Gasteiger partial charge in [0.1, 0.15) is 5.69 Å². The lowest BCUT2D eigenvalue weighted by Crippen LogP contribution is -2.24. The van der Waals surface area contributed by atoms with Crippen LogP contribution in [0.15, 0.2) is 18.3 Å². The zero-order valence-electron chi connectivity index (χ0n) is 11.6. The standard InChI is InChI=1S/C14H21N3O2/c1-17(2)14(18)13-9-12(3-6-15-13)16-10-11-4-7-19-8-5-11/h3,6,9,11H,4-5,7-8,10H2,1-2H3,(H,15,16). The first-order chi connectivity index (χ1) is 9.16. The maximum Gasteiger partial charge on any atom is 0.272 e. The summed E-state index contributed by atoms with van der Waals surface area (Å²) in [5.74, 6) is 0.574. The number of anilines is 1. The van der Waals surface area contributed by atoms with Gasteiger partial charge in [-0.25, -0.2) is 0 Å². The van der Waals surface area contributed by atoms with Crippen molar-refractivity contribution in [1.29, 1.82) is 0 Å². The third-order valence-electron chi connectivity index (χ3n) is 3.32. The van der Waals surface area contributed by atoms with Crippen molar-refractivity contribution in [2.45, 2.75) is 12.8 Å². The van der Waals surface area contributed by atoms with Crippen LogP contribution in [-0.2, 0) is 4.74 Å². The van der Waals surface area contributed by atoms with Gasteiger partial charge in [-0.3, -0.25) is 9.78 Å². The summed E-state index contributed by atoms with van der Waals surface area (Å²) in [5, 5.41) is 3.38. The minimum Gasteiger partial charge on any atom is -0.385 e. The van der Waals surface area contributed by atoms with Crippen LogP contribution in [0.3, 0.4) is 0 Å². The van der Waals surface area contributed by atoms with Crippen molar-refractivity contribution in [3.63, 3.8) is 0 Å². The van der Waals surface area contributed by atoms with Crippen LogP contribution in [0.25, 0.3) is 0 Å². The second-order valence-electron chi connectivity index (χ2n) is 5.07. The van der Waals surface area contributed by atoms with Crippen molar-refractivity contribution in [2.75, 3.05) is 39.2 Å². The van der Waals surface area contributed by atoms with Crippen LogP contribution in [0.5, 0.6) is 0 Å². The predicted molar refractivity (Wildman–Crippen MR) is 74.3 cm³/mol. The lowest BCUT2D eigenvalue weighted by Gasteiger charge is -2.22. The molecule has 5 heteroatoms. The van der Waals surface area contributed by atoms with Gasteiger partial charge in [0, 0.05) is 45.7 Å². The molecule has 1 amide bonds. The average Bonchev–Trinajstić information content (AvgIpc) is 2.45. The van der Waals surface area contributed by atoms with Crippen molar-refractivity contribution in [3.05, 3.63) is 24.0 Å². The summed E-state index contributed by atoms with van der Waals surface area (Å²) >= 11 is 0. The molecule has 104 valence electrons. The highest BCUT2D eigenvalue weighted by Crippen LogP contribution is 2.16. The zero-order valence-corrected chi connectivity index (χ0v) is 11.6. The number of hydrogen-bond donors (Lipinski definition) is 1. The monoisotopic (exact) mass is 263 g/mol. The number of ether oxygens (including phenoxy) is 1. The van der Waals surface area contributed by atoms with E-state index in [2.05, 4.69) is 10.3 Å². The summed E-state index contributed by atoms with van der Waals surface area (Å²) in [6.07, 6.45) is 3.87. The van der Waals surface area contributed by atoms with E-state index < -0.39 is 0 Å². The van der Waals surface area contributed by atoms with Gasteiger partial charge in [0.25, 0.3) is 5.91 Å². The summed E-state index contributed by atoms with van der Waals surface area (Å²) in [6, 6.07) is 3.70. The molecule has 0 saturated carbocycles. The van der Waals surface area contributed by atoms with E-state index in [9.17, 15) is 4.79 Å². The first-order valence-corrected chi connectivity index (χ1v) is 6.66. The Hall–Kier alpha value is -1.62. The largest absolute Gasteiger partial charge is 0.385 e. The molecule has 0 bridgehead atoms.